The van der Waals surface area contributed by atoms with Crippen LogP contribution in [-0.2, 0) is 0 Å². The predicted octanol–water partition coefficient (Wildman–Crippen LogP) is 5.42. The highest BCUT2D eigenvalue weighted by molar-refractivity contribution is 9.10. The molecule has 0 saturated carbocycles. The number of nitrogens with one attached hydrogen (secondary N) is 1. The van der Waals surface area contributed by atoms with E-state index in [1.807, 2.05) is 57.5 Å². The van der Waals surface area contributed by atoms with Gasteiger partial charge < -0.3 is 20.9 Å². The van der Waals surface area contributed by atoms with Crippen LogP contribution in [0.1, 0.15) is 16.8 Å². The van der Waals surface area contributed by atoms with Gasteiger partial charge >= 0.3 is 0 Å². The Kier molecular flexibility index (Phi) is 7.81. The van der Waals surface area contributed by atoms with E-state index in [2.05, 4.69) is 41.0 Å². The molecule has 0 spiro atoms. The Hall–Kier alpha value is -3.56. The van der Waals surface area contributed by atoms with Gasteiger partial charge in [-0.3, -0.25) is 4.79 Å². The van der Waals surface area contributed by atoms with Crippen molar-refractivity contribution in [1.29, 1.82) is 0 Å². The summed E-state index contributed by atoms with van der Waals surface area (Å²) in [7, 11) is 6.05. The third-order valence-corrected chi connectivity index (χ3v) is 6.35. The Morgan fingerprint density at radius 2 is 1.78 bits per heavy atom. The van der Waals surface area contributed by atoms with E-state index in [9.17, 15) is 9.18 Å². The number of nitrogen functional groups attached to an aromatic ring is 1. The van der Waals surface area contributed by atoms with Crippen LogP contribution >= 0.6 is 15.9 Å². The molecule has 1 aromatic heterocycles. The van der Waals surface area contributed by atoms with Crippen LogP contribution in [0.25, 0.3) is 22.0 Å². The number of hydrogen-bond acceptors (Lipinski definition) is 6. The van der Waals surface area contributed by atoms with Gasteiger partial charge in [0.1, 0.15) is 5.82 Å². The van der Waals surface area contributed by atoms with E-state index in [1.165, 1.54) is 6.07 Å². The number of benzene rings is 3. The minimum Gasteiger partial charge on any atom is -0.373 e. The number of carbonyl (C=O) groups is 1. The summed E-state index contributed by atoms with van der Waals surface area (Å²) in [6.07, 6.45) is 2.61. The SMILES string of the molecule is CN(C)CCCN(C)c1ccc(Br)cc1NC(=O)c1cc(-c2ccc3nc(N)ncc3c2)ccc1F. The Labute approximate surface area is 218 Å². The third kappa shape index (κ3) is 5.98. The molecule has 4 aromatic rings. The fraction of sp³-hybridized carbons (Fsp3) is 0.222. The molecule has 0 aliphatic heterocycles. The van der Waals surface area contributed by atoms with Gasteiger partial charge in [0.2, 0.25) is 5.95 Å². The van der Waals surface area contributed by atoms with E-state index in [1.54, 1.807) is 18.3 Å². The first-order chi connectivity index (χ1) is 17.2. The van der Waals surface area contributed by atoms with Crippen molar-refractivity contribution >= 4 is 50.1 Å². The van der Waals surface area contributed by atoms with Crippen LogP contribution < -0.4 is 16.0 Å². The molecule has 0 bridgehead atoms. The van der Waals surface area contributed by atoms with Gasteiger partial charge in [-0.05, 0) is 80.7 Å². The van der Waals surface area contributed by atoms with E-state index in [-0.39, 0.29) is 11.5 Å². The smallest absolute Gasteiger partial charge is 0.258 e. The molecule has 3 N–H and O–H groups in total. The molecular weight excluding hydrogens is 523 g/mol. The normalized spacial score (nSPS) is 11.2. The highest BCUT2D eigenvalue weighted by atomic mass is 79.9. The van der Waals surface area contributed by atoms with E-state index >= 15 is 0 Å². The zero-order valence-electron chi connectivity index (χ0n) is 20.4. The number of nitrogens with two attached hydrogens (primary N) is 1. The number of hydrogen-bond donors (Lipinski definition) is 2. The molecule has 1 heterocycles. The highest BCUT2D eigenvalue weighted by Gasteiger charge is 2.17. The second-order valence-corrected chi connectivity index (χ2v) is 9.81. The summed E-state index contributed by atoms with van der Waals surface area (Å²) in [6, 6.07) is 15.8. The maximum absolute atomic E-state index is 14.8. The molecule has 4 rings (SSSR count). The van der Waals surface area contributed by atoms with Gasteiger partial charge in [0.05, 0.1) is 22.5 Å². The largest absolute Gasteiger partial charge is 0.373 e. The summed E-state index contributed by atoms with van der Waals surface area (Å²) in [5.41, 5.74) is 9.31. The number of nitrogens with zero attached hydrogens (tertiary/aromatic N) is 4. The van der Waals surface area contributed by atoms with Crippen LogP contribution in [0.5, 0.6) is 0 Å². The predicted molar refractivity (Wildman–Crippen MR) is 148 cm³/mol. The lowest BCUT2D eigenvalue weighted by atomic mass is 10.0. The molecule has 9 heteroatoms. The second-order valence-electron chi connectivity index (χ2n) is 8.89. The average molecular weight is 551 g/mol. The van der Waals surface area contributed by atoms with Gasteiger partial charge in [-0.15, -0.1) is 0 Å². The second kappa shape index (κ2) is 11.0. The number of halogens is 2. The van der Waals surface area contributed by atoms with Gasteiger partial charge in [0.25, 0.3) is 5.91 Å². The van der Waals surface area contributed by atoms with Crippen molar-refractivity contribution in [3.8, 4) is 11.1 Å². The van der Waals surface area contributed by atoms with Crippen LogP contribution in [0, 0.1) is 5.82 Å². The van der Waals surface area contributed by atoms with Crippen molar-refractivity contribution < 1.29 is 9.18 Å². The third-order valence-electron chi connectivity index (χ3n) is 5.86. The van der Waals surface area contributed by atoms with Crippen molar-refractivity contribution in [3.05, 3.63) is 76.6 Å². The molecule has 0 fully saturated rings. The summed E-state index contributed by atoms with van der Waals surface area (Å²) in [5, 5.41) is 3.71. The summed E-state index contributed by atoms with van der Waals surface area (Å²) in [6.45, 7) is 1.76. The molecule has 0 saturated heterocycles. The van der Waals surface area contributed by atoms with Gasteiger partial charge in [-0.1, -0.05) is 28.1 Å². The summed E-state index contributed by atoms with van der Waals surface area (Å²) >= 11 is 3.48. The minimum absolute atomic E-state index is 0.0395. The molecule has 0 unspecified atom stereocenters. The van der Waals surface area contributed by atoms with Crippen LogP contribution in [0.3, 0.4) is 0 Å². The highest BCUT2D eigenvalue weighted by Crippen LogP contribution is 2.31. The van der Waals surface area contributed by atoms with Gasteiger partial charge in [0, 0.05) is 29.6 Å². The van der Waals surface area contributed by atoms with Crippen molar-refractivity contribution in [2.75, 3.05) is 50.2 Å². The van der Waals surface area contributed by atoms with Crippen molar-refractivity contribution in [2.24, 2.45) is 0 Å². The molecule has 186 valence electrons. The molecule has 1 amide bonds. The topological polar surface area (TPSA) is 87.4 Å². The van der Waals surface area contributed by atoms with Crippen molar-refractivity contribution in [3.63, 3.8) is 0 Å². The van der Waals surface area contributed by atoms with Crippen molar-refractivity contribution in [1.82, 2.24) is 14.9 Å². The lowest BCUT2D eigenvalue weighted by molar-refractivity contribution is 0.102. The van der Waals surface area contributed by atoms with E-state index in [0.717, 1.165) is 40.6 Å². The zero-order chi connectivity index (χ0) is 25.8. The van der Waals surface area contributed by atoms with Crippen LogP contribution in [0.15, 0.2) is 65.3 Å². The maximum atomic E-state index is 14.8. The molecule has 7 nitrogen and oxygen atoms in total. The standard InChI is InChI=1S/C27H28BrFN6O/c1-34(2)11-4-12-35(3)25-10-7-20(28)15-24(25)32-26(36)21-14-18(5-8-22(21)29)17-6-9-23-19(13-17)16-31-27(30)33-23/h5-10,13-16H,4,11-12H2,1-3H3,(H,32,36)(H2,30,31,33). The van der Waals surface area contributed by atoms with Gasteiger partial charge in [-0.25, -0.2) is 14.4 Å². The fourth-order valence-corrected chi connectivity index (χ4v) is 4.34. The van der Waals surface area contributed by atoms with E-state index in [4.69, 9.17) is 5.73 Å². The van der Waals surface area contributed by atoms with Gasteiger partial charge in [0.15, 0.2) is 0 Å². The molecule has 0 atom stereocenters. The first kappa shape index (κ1) is 25.5. The molecule has 0 aliphatic carbocycles. The molecule has 36 heavy (non-hydrogen) atoms. The molecule has 0 radical (unpaired) electrons. The van der Waals surface area contributed by atoms with Crippen LogP contribution in [0.2, 0.25) is 0 Å². The lowest BCUT2D eigenvalue weighted by Gasteiger charge is -2.24. The number of anilines is 3. The summed E-state index contributed by atoms with van der Waals surface area (Å²) in [5.74, 6) is -0.914. The molecular formula is C27H28BrFN6O. The Morgan fingerprint density at radius 3 is 2.56 bits per heavy atom. The first-order valence-electron chi connectivity index (χ1n) is 11.5. The number of amides is 1. The monoisotopic (exact) mass is 550 g/mol. The number of aromatic nitrogens is 2. The summed E-state index contributed by atoms with van der Waals surface area (Å²) < 4.78 is 15.6. The quantitative estimate of drug-likeness (QED) is 0.304. The number of carbonyl (C=O) groups excluding carboxylic acids is 1. The molecule has 0 aliphatic rings. The van der Waals surface area contributed by atoms with E-state index < -0.39 is 11.7 Å². The Balaban J connectivity index is 1.60. The van der Waals surface area contributed by atoms with Crippen LogP contribution in [0.4, 0.5) is 21.7 Å². The van der Waals surface area contributed by atoms with E-state index in [0.29, 0.717) is 16.8 Å². The maximum Gasteiger partial charge on any atom is 0.258 e. The Morgan fingerprint density at radius 1 is 1.03 bits per heavy atom. The average Bonchev–Trinajstić information content (AvgIpc) is 2.83. The first-order valence-corrected chi connectivity index (χ1v) is 12.3. The molecule has 3 aromatic carbocycles. The summed E-state index contributed by atoms with van der Waals surface area (Å²) in [4.78, 5) is 25.7. The van der Waals surface area contributed by atoms with Crippen LogP contribution in [-0.4, -0.2) is 55.0 Å². The number of fused-ring (bicyclic) bond motifs is 1. The van der Waals surface area contributed by atoms with Crippen molar-refractivity contribution in [2.45, 2.75) is 6.42 Å². The fourth-order valence-electron chi connectivity index (χ4n) is 3.98. The number of rotatable bonds is 8. The zero-order valence-corrected chi connectivity index (χ0v) is 22.0. The Bertz CT molecular complexity index is 1410. The minimum atomic E-state index is -0.593. The lowest BCUT2D eigenvalue weighted by Crippen LogP contribution is -2.25. The van der Waals surface area contributed by atoms with Gasteiger partial charge in [-0.2, -0.15) is 0 Å².